The number of anilines is 1. The van der Waals surface area contributed by atoms with Crippen LogP contribution in [0.5, 0.6) is 0 Å². The first-order valence-corrected chi connectivity index (χ1v) is 5.72. The van der Waals surface area contributed by atoms with Crippen LogP contribution in [0, 0.1) is 5.95 Å². The van der Waals surface area contributed by atoms with Crippen molar-refractivity contribution in [2.45, 2.75) is 11.3 Å². The fourth-order valence-electron chi connectivity index (χ4n) is 0.954. The molecule has 1 heterocycles. The van der Waals surface area contributed by atoms with Crippen molar-refractivity contribution in [3.63, 3.8) is 0 Å². The number of nitrogens with zero attached hydrogens (tertiary/aromatic N) is 1. The minimum absolute atomic E-state index is 0.600. The molecule has 0 saturated heterocycles. The maximum atomic E-state index is 12.9. The highest BCUT2D eigenvalue weighted by molar-refractivity contribution is 8.13. The molecule has 0 spiro atoms. The molecule has 0 bridgehead atoms. The fraction of sp³-hybridized carbons (Fsp3) is 0.167. The molecule has 0 aliphatic rings. The van der Waals surface area contributed by atoms with Gasteiger partial charge >= 0.3 is 0 Å². The quantitative estimate of drug-likeness (QED) is 0.648. The van der Waals surface area contributed by atoms with Gasteiger partial charge in [0.25, 0.3) is 15.5 Å². The van der Waals surface area contributed by atoms with E-state index in [1.807, 2.05) is 0 Å². The summed E-state index contributed by atoms with van der Waals surface area (Å²) in [6.07, 6.45) is -2.66. The Morgan fingerprint density at radius 3 is 2.33 bits per heavy atom. The highest BCUT2D eigenvalue weighted by Crippen LogP contribution is 2.33. The topological polar surface area (TPSA) is 73.0 Å². The van der Waals surface area contributed by atoms with E-state index >= 15 is 0 Å². The summed E-state index contributed by atoms with van der Waals surface area (Å²) in [4.78, 5) is 1.52. The maximum absolute atomic E-state index is 12.9. The van der Waals surface area contributed by atoms with E-state index in [-0.39, 0.29) is 0 Å². The number of hydrogen-bond donors (Lipinski definition) is 1. The number of nitrogens with two attached hydrogens (primary N) is 1. The van der Waals surface area contributed by atoms with Gasteiger partial charge in [-0.05, 0) is 0 Å². The van der Waals surface area contributed by atoms with Crippen LogP contribution in [0.2, 0.25) is 0 Å². The number of halogens is 4. The average molecular weight is 261 g/mol. The second-order valence-corrected chi connectivity index (χ2v) is 4.99. The first kappa shape index (κ1) is 12.1. The van der Waals surface area contributed by atoms with Crippen molar-refractivity contribution in [1.29, 1.82) is 0 Å². The zero-order valence-corrected chi connectivity index (χ0v) is 8.49. The van der Waals surface area contributed by atoms with E-state index in [0.29, 0.717) is 6.20 Å². The molecule has 4 nitrogen and oxygen atoms in total. The molecule has 1 rings (SSSR count). The standard InChI is InChI=1S/C6H4ClF3N2O2S/c7-15(13,14)4-3(5(8)9)2(11)1-12-6(4)10/h1,5H,11H2. The lowest BCUT2D eigenvalue weighted by Gasteiger charge is -2.08. The van der Waals surface area contributed by atoms with E-state index in [4.69, 9.17) is 16.4 Å². The van der Waals surface area contributed by atoms with Crippen LogP contribution in [0.25, 0.3) is 0 Å². The van der Waals surface area contributed by atoms with Crippen LogP contribution in [0.1, 0.15) is 12.0 Å². The van der Waals surface area contributed by atoms with Gasteiger partial charge in [-0.3, -0.25) is 0 Å². The molecule has 1 aromatic rings. The number of rotatable bonds is 2. The van der Waals surface area contributed by atoms with Gasteiger partial charge in [-0.1, -0.05) is 0 Å². The number of alkyl halides is 2. The fourth-order valence-corrected chi connectivity index (χ4v) is 2.12. The molecule has 0 aliphatic heterocycles. The number of pyridine rings is 1. The molecule has 0 fully saturated rings. The molecule has 15 heavy (non-hydrogen) atoms. The van der Waals surface area contributed by atoms with Gasteiger partial charge in [-0.2, -0.15) is 4.39 Å². The summed E-state index contributed by atoms with van der Waals surface area (Å²) < 4.78 is 59.4. The zero-order valence-electron chi connectivity index (χ0n) is 6.92. The van der Waals surface area contributed by atoms with Gasteiger partial charge in [0.15, 0.2) is 0 Å². The van der Waals surface area contributed by atoms with E-state index in [1.165, 1.54) is 0 Å². The van der Waals surface area contributed by atoms with Crippen LogP contribution in [0.15, 0.2) is 11.1 Å². The third kappa shape index (κ3) is 2.32. The molecular formula is C6H4ClF3N2O2S. The van der Waals surface area contributed by atoms with Crippen LogP contribution in [0.3, 0.4) is 0 Å². The van der Waals surface area contributed by atoms with E-state index in [0.717, 1.165) is 0 Å². The van der Waals surface area contributed by atoms with Gasteiger partial charge in [-0.15, -0.1) is 0 Å². The van der Waals surface area contributed by atoms with Crippen LogP contribution in [-0.4, -0.2) is 13.4 Å². The monoisotopic (exact) mass is 260 g/mol. The van der Waals surface area contributed by atoms with Gasteiger partial charge in [0.05, 0.1) is 17.4 Å². The summed E-state index contributed by atoms with van der Waals surface area (Å²) in [5, 5.41) is 0. The van der Waals surface area contributed by atoms with Crippen molar-refractivity contribution in [3.05, 3.63) is 17.7 Å². The molecule has 0 atom stereocenters. The first-order valence-electron chi connectivity index (χ1n) is 3.42. The second kappa shape index (κ2) is 3.86. The molecule has 0 aromatic carbocycles. The molecule has 9 heteroatoms. The Kier molecular flexibility index (Phi) is 3.10. The Hall–Kier alpha value is -1.02. The average Bonchev–Trinajstić information content (AvgIpc) is 2.05. The highest BCUT2D eigenvalue weighted by atomic mass is 35.7. The Balaban J connectivity index is 3.68. The molecule has 84 valence electrons. The third-order valence-electron chi connectivity index (χ3n) is 1.52. The Morgan fingerprint density at radius 2 is 2.00 bits per heavy atom. The van der Waals surface area contributed by atoms with E-state index < -0.39 is 37.6 Å². The zero-order chi connectivity index (χ0) is 11.8. The molecule has 2 N–H and O–H groups in total. The van der Waals surface area contributed by atoms with Crippen LogP contribution >= 0.6 is 10.7 Å². The molecule has 0 radical (unpaired) electrons. The van der Waals surface area contributed by atoms with Gasteiger partial charge in [-0.25, -0.2) is 22.2 Å². The smallest absolute Gasteiger partial charge is 0.267 e. The SMILES string of the molecule is Nc1cnc(F)c(S(=O)(=O)Cl)c1C(F)F. The molecular weight excluding hydrogens is 257 g/mol. The number of hydrogen-bond acceptors (Lipinski definition) is 4. The van der Waals surface area contributed by atoms with Crippen molar-refractivity contribution in [3.8, 4) is 0 Å². The molecule has 0 unspecified atom stereocenters. The minimum Gasteiger partial charge on any atom is -0.397 e. The number of nitrogen functional groups attached to an aromatic ring is 1. The molecule has 0 amide bonds. The number of aromatic nitrogens is 1. The summed E-state index contributed by atoms with van der Waals surface area (Å²) in [5.74, 6) is -1.60. The molecule has 1 aromatic heterocycles. The van der Waals surface area contributed by atoms with Crippen LogP contribution in [0.4, 0.5) is 18.9 Å². The third-order valence-corrected chi connectivity index (χ3v) is 2.86. The van der Waals surface area contributed by atoms with Crippen molar-refractivity contribution < 1.29 is 21.6 Å². The first-order chi connectivity index (χ1) is 6.75. The molecule has 0 aliphatic carbocycles. The molecule has 0 saturated carbocycles. The summed E-state index contributed by atoms with van der Waals surface area (Å²) in [6, 6.07) is 0. The second-order valence-electron chi connectivity index (χ2n) is 2.49. The largest absolute Gasteiger partial charge is 0.397 e. The minimum atomic E-state index is -4.66. The Labute approximate surface area is 87.3 Å². The maximum Gasteiger partial charge on any atom is 0.267 e. The van der Waals surface area contributed by atoms with E-state index in [2.05, 4.69) is 4.98 Å². The Bertz CT molecular complexity index is 491. The van der Waals surface area contributed by atoms with Crippen molar-refractivity contribution >= 4 is 25.4 Å². The Morgan fingerprint density at radius 1 is 1.47 bits per heavy atom. The lowest BCUT2D eigenvalue weighted by atomic mass is 10.2. The van der Waals surface area contributed by atoms with Gasteiger partial charge in [0, 0.05) is 10.7 Å². The van der Waals surface area contributed by atoms with Crippen molar-refractivity contribution in [2.75, 3.05) is 5.73 Å². The predicted molar refractivity (Wildman–Crippen MR) is 46.6 cm³/mol. The lowest BCUT2D eigenvalue weighted by Crippen LogP contribution is -2.08. The van der Waals surface area contributed by atoms with Gasteiger partial charge in [0.1, 0.15) is 4.90 Å². The van der Waals surface area contributed by atoms with E-state index in [1.54, 1.807) is 0 Å². The highest BCUT2D eigenvalue weighted by Gasteiger charge is 2.29. The lowest BCUT2D eigenvalue weighted by molar-refractivity contribution is 0.147. The van der Waals surface area contributed by atoms with E-state index in [9.17, 15) is 21.6 Å². The summed E-state index contributed by atoms with van der Waals surface area (Å²) in [7, 11) is 0.131. The summed E-state index contributed by atoms with van der Waals surface area (Å²) in [5.41, 5.74) is 3.25. The van der Waals surface area contributed by atoms with Crippen molar-refractivity contribution in [2.24, 2.45) is 0 Å². The van der Waals surface area contributed by atoms with Crippen LogP contribution in [-0.2, 0) is 9.05 Å². The normalized spacial score (nSPS) is 12.1. The van der Waals surface area contributed by atoms with Gasteiger partial charge < -0.3 is 5.73 Å². The van der Waals surface area contributed by atoms with Crippen LogP contribution < -0.4 is 5.73 Å². The van der Waals surface area contributed by atoms with Crippen molar-refractivity contribution in [1.82, 2.24) is 4.98 Å². The predicted octanol–water partition coefficient (Wildman–Crippen LogP) is 1.67. The summed E-state index contributed by atoms with van der Waals surface area (Å²) in [6.45, 7) is 0. The van der Waals surface area contributed by atoms with Gasteiger partial charge in [0.2, 0.25) is 5.95 Å². The summed E-state index contributed by atoms with van der Waals surface area (Å²) >= 11 is 0.